The van der Waals surface area contributed by atoms with Crippen LogP contribution in [0.25, 0.3) is 0 Å². The van der Waals surface area contributed by atoms with E-state index in [-0.39, 0.29) is 17.6 Å². The monoisotopic (exact) mass is 200 g/mol. The van der Waals surface area contributed by atoms with Crippen molar-refractivity contribution in [3.05, 3.63) is 0 Å². The molecule has 1 aliphatic rings. The van der Waals surface area contributed by atoms with Crippen molar-refractivity contribution in [2.45, 2.75) is 38.3 Å². The largest absolute Gasteiger partial charge is 0.376 e. The summed E-state index contributed by atoms with van der Waals surface area (Å²) in [6.45, 7) is 5.51. The molecule has 0 aromatic carbocycles. The Labute approximate surface area is 85.4 Å². The maximum atomic E-state index is 11.5. The highest BCUT2D eigenvalue weighted by atomic mass is 16.5. The number of carbonyl (C=O) groups is 1. The third-order valence-electron chi connectivity index (χ3n) is 2.91. The van der Waals surface area contributed by atoms with Crippen LogP contribution in [0.4, 0.5) is 0 Å². The molecule has 14 heavy (non-hydrogen) atoms. The first-order valence-corrected chi connectivity index (χ1v) is 5.16. The van der Waals surface area contributed by atoms with Gasteiger partial charge >= 0.3 is 0 Å². The number of hydrogen-bond donors (Lipinski definition) is 2. The molecule has 2 atom stereocenters. The van der Waals surface area contributed by atoms with Gasteiger partial charge in [-0.2, -0.15) is 0 Å². The average molecular weight is 200 g/mol. The Balaban J connectivity index is 2.38. The van der Waals surface area contributed by atoms with Crippen LogP contribution in [0.15, 0.2) is 0 Å². The SMILES string of the molecule is CNCCC(=O)NC1(C)CCOC1C. The standard InChI is InChI=1S/C10H20N2O2/c1-8-10(2,5-7-14-8)12-9(13)4-6-11-3/h8,11H,4-7H2,1-3H3,(H,12,13). The zero-order valence-corrected chi connectivity index (χ0v) is 9.22. The summed E-state index contributed by atoms with van der Waals surface area (Å²) < 4.78 is 5.44. The average Bonchev–Trinajstić information content (AvgIpc) is 2.43. The highest BCUT2D eigenvalue weighted by Gasteiger charge is 2.37. The van der Waals surface area contributed by atoms with Gasteiger partial charge in [0.05, 0.1) is 11.6 Å². The van der Waals surface area contributed by atoms with Crippen LogP contribution in [0.2, 0.25) is 0 Å². The molecule has 2 unspecified atom stereocenters. The van der Waals surface area contributed by atoms with Crippen LogP contribution >= 0.6 is 0 Å². The van der Waals surface area contributed by atoms with E-state index in [9.17, 15) is 4.79 Å². The number of ether oxygens (including phenoxy) is 1. The van der Waals surface area contributed by atoms with E-state index in [1.807, 2.05) is 20.9 Å². The minimum absolute atomic E-state index is 0.0965. The Morgan fingerprint density at radius 2 is 2.36 bits per heavy atom. The van der Waals surface area contributed by atoms with Crippen LogP contribution in [-0.4, -0.2) is 37.7 Å². The first-order chi connectivity index (χ1) is 6.58. The van der Waals surface area contributed by atoms with Crippen molar-refractivity contribution in [2.75, 3.05) is 20.2 Å². The van der Waals surface area contributed by atoms with Crippen molar-refractivity contribution >= 4 is 5.91 Å². The second kappa shape index (κ2) is 4.75. The Bertz CT molecular complexity index is 208. The van der Waals surface area contributed by atoms with Gasteiger partial charge in [0.15, 0.2) is 0 Å². The zero-order chi connectivity index (χ0) is 10.6. The van der Waals surface area contributed by atoms with E-state index < -0.39 is 0 Å². The lowest BCUT2D eigenvalue weighted by Gasteiger charge is -2.28. The van der Waals surface area contributed by atoms with E-state index in [1.165, 1.54) is 0 Å². The zero-order valence-electron chi connectivity index (χ0n) is 9.22. The van der Waals surface area contributed by atoms with Gasteiger partial charge in [-0.15, -0.1) is 0 Å². The predicted molar refractivity (Wildman–Crippen MR) is 55.1 cm³/mol. The van der Waals surface area contributed by atoms with Crippen LogP contribution < -0.4 is 10.6 Å². The second-order valence-corrected chi connectivity index (χ2v) is 4.08. The van der Waals surface area contributed by atoms with E-state index in [1.54, 1.807) is 0 Å². The summed E-state index contributed by atoms with van der Waals surface area (Å²) in [4.78, 5) is 11.5. The van der Waals surface area contributed by atoms with E-state index >= 15 is 0 Å². The minimum Gasteiger partial charge on any atom is -0.376 e. The molecule has 0 aromatic heterocycles. The van der Waals surface area contributed by atoms with Crippen LogP contribution in [-0.2, 0) is 9.53 Å². The Kier molecular flexibility index (Phi) is 3.89. The van der Waals surface area contributed by atoms with Crippen molar-refractivity contribution in [1.29, 1.82) is 0 Å². The van der Waals surface area contributed by atoms with Crippen LogP contribution in [0.5, 0.6) is 0 Å². The molecule has 1 saturated heterocycles. The van der Waals surface area contributed by atoms with Gasteiger partial charge in [0, 0.05) is 19.6 Å². The second-order valence-electron chi connectivity index (χ2n) is 4.08. The molecule has 4 nitrogen and oxygen atoms in total. The summed E-state index contributed by atoms with van der Waals surface area (Å²) in [5.41, 5.74) is -0.176. The molecule has 1 rings (SSSR count). The molecule has 0 saturated carbocycles. The molecular weight excluding hydrogens is 180 g/mol. The molecule has 1 fully saturated rings. The van der Waals surface area contributed by atoms with Gasteiger partial charge in [0.2, 0.25) is 5.91 Å². The molecule has 0 bridgehead atoms. The van der Waals surface area contributed by atoms with Crippen molar-refractivity contribution in [2.24, 2.45) is 0 Å². The van der Waals surface area contributed by atoms with Crippen molar-refractivity contribution in [3.63, 3.8) is 0 Å². The summed E-state index contributed by atoms with van der Waals surface area (Å²) in [7, 11) is 1.84. The number of hydrogen-bond acceptors (Lipinski definition) is 3. The maximum Gasteiger partial charge on any atom is 0.221 e. The molecule has 0 spiro atoms. The number of nitrogens with one attached hydrogen (secondary N) is 2. The molecule has 0 radical (unpaired) electrons. The molecular formula is C10H20N2O2. The molecule has 1 amide bonds. The topological polar surface area (TPSA) is 50.4 Å². The van der Waals surface area contributed by atoms with Gasteiger partial charge in [-0.05, 0) is 27.3 Å². The number of rotatable bonds is 4. The maximum absolute atomic E-state index is 11.5. The van der Waals surface area contributed by atoms with Gasteiger partial charge < -0.3 is 15.4 Å². The fraction of sp³-hybridized carbons (Fsp3) is 0.900. The Morgan fingerprint density at radius 1 is 1.64 bits per heavy atom. The Hall–Kier alpha value is -0.610. The smallest absolute Gasteiger partial charge is 0.221 e. The first kappa shape index (κ1) is 11.5. The molecule has 1 heterocycles. The van der Waals surface area contributed by atoms with E-state index in [4.69, 9.17) is 4.74 Å². The fourth-order valence-electron chi connectivity index (χ4n) is 1.62. The summed E-state index contributed by atoms with van der Waals surface area (Å²) in [5, 5.41) is 5.99. The lowest BCUT2D eigenvalue weighted by Crippen LogP contribution is -2.51. The predicted octanol–water partition coefficient (Wildman–Crippen LogP) is 0.280. The Morgan fingerprint density at radius 3 is 2.86 bits per heavy atom. The molecule has 0 aromatic rings. The van der Waals surface area contributed by atoms with Gasteiger partial charge in [0.1, 0.15) is 0 Å². The van der Waals surface area contributed by atoms with Crippen LogP contribution in [0.1, 0.15) is 26.7 Å². The third-order valence-corrected chi connectivity index (χ3v) is 2.91. The third kappa shape index (κ3) is 2.69. The highest BCUT2D eigenvalue weighted by molar-refractivity contribution is 5.77. The summed E-state index contributed by atoms with van der Waals surface area (Å²) in [5.74, 6) is 0.0965. The molecule has 4 heteroatoms. The highest BCUT2D eigenvalue weighted by Crippen LogP contribution is 2.24. The minimum atomic E-state index is -0.176. The van der Waals surface area contributed by atoms with Crippen LogP contribution in [0.3, 0.4) is 0 Å². The van der Waals surface area contributed by atoms with E-state index in [0.717, 1.165) is 19.6 Å². The van der Waals surface area contributed by atoms with Crippen molar-refractivity contribution in [1.82, 2.24) is 10.6 Å². The van der Waals surface area contributed by atoms with Crippen LogP contribution in [0, 0.1) is 0 Å². The quantitative estimate of drug-likeness (QED) is 0.685. The molecule has 1 aliphatic heterocycles. The van der Waals surface area contributed by atoms with Gasteiger partial charge in [-0.25, -0.2) is 0 Å². The number of carbonyl (C=O) groups excluding carboxylic acids is 1. The molecule has 0 aliphatic carbocycles. The first-order valence-electron chi connectivity index (χ1n) is 5.16. The molecule has 2 N–H and O–H groups in total. The fourth-order valence-corrected chi connectivity index (χ4v) is 1.62. The summed E-state index contributed by atoms with van der Waals surface area (Å²) >= 11 is 0. The van der Waals surface area contributed by atoms with E-state index in [2.05, 4.69) is 10.6 Å². The van der Waals surface area contributed by atoms with Crippen molar-refractivity contribution in [3.8, 4) is 0 Å². The van der Waals surface area contributed by atoms with Crippen molar-refractivity contribution < 1.29 is 9.53 Å². The molecule has 82 valence electrons. The van der Waals surface area contributed by atoms with Gasteiger partial charge in [-0.1, -0.05) is 0 Å². The van der Waals surface area contributed by atoms with E-state index in [0.29, 0.717) is 6.42 Å². The lowest BCUT2D eigenvalue weighted by atomic mass is 9.94. The summed E-state index contributed by atoms with van der Waals surface area (Å²) in [6, 6.07) is 0. The normalized spacial score (nSPS) is 31.8. The van der Waals surface area contributed by atoms with Gasteiger partial charge in [-0.3, -0.25) is 4.79 Å². The number of amides is 1. The van der Waals surface area contributed by atoms with Gasteiger partial charge in [0.25, 0.3) is 0 Å². The lowest BCUT2D eigenvalue weighted by molar-refractivity contribution is -0.123. The summed E-state index contributed by atoms with van der Waals surface area (Å²) in [6.07, 6.45) is 1.54.